The van der Waals surface area contributed by atoms with E-state index in [1.165, 1.54) is 5.56 Å². The molecule has 0 aliphatic heterocycles. The largest absolute Gasteiger partial charge is 0.387 e. The van der Waals surface area contributed by atoms with Gasteiger partial charge in [-0.1, -0.05) is 25.1 Å². The molecule has 2 aromatic rings. The Morgan fingerprint density at radius 1 is 1.33 bits per heavy atom. The quantitative estimate of drug-likeness (QED) is 0.810. The van der Waals surface area contributed by atoms with E-state index in [9.17, 15) is 5.11 Å². The summed E-state index contributed by atoms with van der Waals surface area (Å²) in [5, 5.41) is 10.9. The first-order valence-corrected chi connectivity index (χ1v) is 5.26. The monoisotopic (exact) mass is 201 g/mol. The average Bonchev–Trinajstić information content (AvgIpc) is 2.28. The fourth-order valence-corrected chi connectivity index (χ4v) is 1.76. The van der Waals surface area contributed by atoms with Crippen LogP contribution >= 0.6 is 0 Å². The van der Waals surface area contributed by atoms with E-state index in [0.717, 1.165) is 16.6 Å². The van der Waals surface area contributed by atoms with E-state index in [-0.39, 0.29) is 0 Å². The van der Waals surface area contributed by atoms with Gasteiger partial charge in [0.15, 0.2) is 0 Å². The van der Waals surface area contributed by atoms with Crippen molar-refractivity contribution in [3.05, 3.63) is 41.6 Å². The molecule has 0 aliphatic carbocycles. The number of benzene rings is 1. The number of nitrogens with zero attached hydrogens (tertiary/aromatic N) is 1. The van der Waals surface area contributed by atoms with Crippen LogP contribution in [0.25, 0.3) is 10.9 Å². The Morgan fingerprint density at radius 2 is 2.07 bits per heavy atom. The number of fused-ring (bicyclic) bond motifs is 1. The van der Waals surface area contributed by atoms with Crippen LogP contribution in [0.4, 0.5) is 0 Å². The Kier molecular flexibility index (Phi) is 2.69. The number of aryl methyl sites for hydroxylation is 1. The first-order chi connectivity index (χ1) is 7.22. The average molecular weight is 201 g/mol. The minimum absolute atomic E-state index is 0.451. The van der Waals surface area contributed by atoms with Crippen molar-refractivity contribution >= 4 is 10.9 Å². The number of hydrogen-bond donors (Lipinski definition) is 1. The Labute approximate surface area is 89.6 Å². The van der Waals surface area contributed by atoms with Crippen molar-refractivity contribution in [3.63, 3.8) is 0 Å². The standard InChI is InChI=1S/C13H15NO/c1-3-13(15)12-8-9(2)10-6-4-5-7-11(10)14-12/h4-8,13,15H,3H2,1-2H3. The van der Waals surface area contributed by atoms with Crippen molar-refractivity contribution in [1.82, 2.24) is 4.98 Å². The van der Waals surface area contributed by atoms with E-state index in [1.807, 2.05) is 31.2 Å². The molecular weight excluding hydrogens is 186 g/mol. The summed E-state index contributed by atoms with van der Waals surface area (Å²) in [6, 6.07) is 9.98. The molecule has 15 heavy (non-hydrogen) atoms. The number of rotatable bonds is 2. The Hall–Kier alpha value is -1.41. The molecule has 1 heterocycles. The Morgan fingerprint density at radius 3 is 2.80 bits per heavy atom. The summed E-state index contributed by atoms with van der Waals surface area (Å²) >= 11 is 0. The smallest absolute Gasteiger partial charge is 0.0957 e. The van der Waals surface area contributed by atoms with Crippen molar-refractivity contribution in [1.29, 1.82) is 0 Å². The Balaban J connectivity index is 2.62. The topological polar surface area (TPSA) is 33.1 Å². The number of aromatic nitrogens is 1. The fraction of sp³-hybridized carbons (Fsp3) is 0.308. The van der Waals surface area contributed by atoms with Crippen LogP contribution in [0.5, 0.6) is 0 Å². The van der Waals surface area contributed by atoms with Crippen LogP contribution < -0.4 is 0 Å². The van der Waals surface area contributed by atoms with E-state index in [0.29, 0.717) is 6.42 Å². The maximum atomic E-state index is 9.75. The number of pyridine rings is 1. The lowest BCUT2D eigenvalue weighted by molar-refractivity contribution is 0.169. The molecule has 0 fully saturated rings. The first-order valence-electron chi connectivity index (χ1n) is 5.26. The van der Waals surface area contributed by atoms with E-state index in [2.05, 4.69) is 18.0 Å². The van der Waals surface area contributed by atoms with Gasteiger partial charge >= 0.3 is 0 Å². The van der Waals surface area contributed by atoms with Crippen LogP contribution in [0.3, 0.4) is 0 Å². The number of aliphatic hydroxyl groups excluding tert-OH is 1. The highest BCUT2D eigenvalue weighted by Crippen LogP contribution is 2.21. The molecule has 1 N–H and O–H groups in total. The molecule has 0 spiro atoms. The van der Waals surface area contributed by atoms with Crippen molar-refractivity contribution in [2.75, 3.05) is 0 Å². The summed E-state index contributed by atoms with van der Waals surface area (Å²) in [5.41, 5.74) is 2.90. The molecule has 0 aliphatic rings. The van der Waals surface area contributed by atoms with Gasteiger partial charge in [0, 0.05) is 5.39 Å². The van der Waals surface area contributed by atoms with Crippen molar-refractivity contribution in [2.45, 2.75) is 26.4 Å². The summed E-state index contributed by atoms with van der Waals surface area (Å²) < 4.78 is 0. The lowest BCUT2D eigenvalue weighted by Crippen LogP contribution is -2.00. The lowest BCUT2D eigenvalue weighted by atomic mass is 10.1. The van der Waals surface area contributed by atoms with Gasteiger partial charge in [0.25, 0.3) is 0 Å². The van der Waals surface area contributed by atoms with Crippen LogP contribution in [-0.2, 0) is 0 Å². The van der Waals surface area contributed by atoms with Crippen LogP contribution in [0.1, 0.15) is 30.7 Å². The number of para-hydroxylation sites is 1. The predicted molar refractivity (Wildman–Crippen MR) is 61.7 cm³/mol. The van der Waals surface area contributed by atoms with Gasteiger partial charge in [-0.2, -0.15) is 0 Å². The highest BCUT2D eigenvalue weighted by atomic mass is 16.3. The highest BCUT2D eigenvalue weighted by Gasteiger charge is 2.08. The van der Waals surface area contributed by atoms with Gasteiger partial charge in [0.1, 0.15) is 0 Å². The van der Waals surface area contributed by atoms with Crippen LogP contribution in [0, 0.1) is 6.92 Å². The SMILES string of the molecule is CCC(O)c1cc(C)c2ccccc2n1. The molecule has 2 rings (SSSR count). The van der Waals surface area contributed by atoms with Gasteiger partial charge in [-0.15, -0.1) is 0 Å². The molecular formula is C13H15NO. The summed E-state index contributed by atoms with van der Waals surface area (Å²) in [4.78, 5) is 4.46. The van der Waals surface area contributed by atoms with Crippen LogP contribution in [-0.4, -0.2) is 10.1 Å². The molecule has 0 bridgehead atoms. The molecule has 1 aromatic heterocycles. The second kappa shape index (κ2) is 3.99. The van der Waals surface area contributed by atoms with Crippen molar-refractivity contribution in [3.8, 4) is 0 Å². The van der Waals surface area contributed by atoms with Crippen LogP contribution in [0.2, 0.25) is 0 Å². The van der Waals surface area contributed by atoms with E-state index in [1.54, 1.807) is 0 Å². The second-order valence-corrected chi connectivity index (χ2v) is 3.81. The molecule has 0 radical (unpaired) electrons. The fourth-order valence-electron chi connectivity index (χ4n) is 1.76. The zero-order valence-electron chi connectivity index (χ0n) is 9.07. The molecule has 2 nitrogen and oxygen atoms in total. The second-order valence-electron chi connectivity index (χ2n) is 3.81. The molecule has 0 saturated carbocycles. The third-order valence-corrected chi connectivity index (χ3v) is 2.67. The summed E-state index contributed by atoms with van der Waals surface area (Å²) in [5.74, 6) is 0. The van der Waals surface area contributed by atoms with Crippen molar-refractivity contribution in [2.24, 2.45) is 0 Å². The van der Waals surface area contributed by atoms with Gasteiger partial charge in [-0.25, -0.2) is 0 Å². The van der Waals surface area contributed by atoms with Gasteiger partial charge in [-0.05, 0) is 31.0 Å². The maximum Gasteiger partial charge on any atom is 0.0957 e. The molecule has 0 saturated heterocycles. The van der Waals surface area contributed by atoms with Gasteiger partial charge < -0.3 is 5.11 Å². The van der Waals surface area contributed by atoms with E-state index >= 15 is 0 Å². The molecule has 0 amide bonds. The molecule has 1 unspecified atom stereocenters. The zero-order valence-corrected chi connectivity index (χ0v) is 9.07. The lowest BCUT2D eigenvalue weighted by Gasteiger charge is -2.10. The maximum absolute atomic E-state index is 9.75. The number of aliphatic hydroxyl groups is 1. The minimum atomic E-state index is -0.451. The molecule has 2 heteroatoms. The minimum Gasteiger partial charge on any atom is -0.387 e. The highest BCUT2D eigenvalue weighted by molar-refractivity contribution is 5.82. The zero-order chi connectivity index (χ0) is 10.8. The third kappa shape index (κ3) is 1.85. The summed E-state index contributed by atoms with van der Waals surface area (Å²) in [6.07, 6.45) is 0.249. The van der Waals surface area contributed by atoms with E-state index in [4.69, 9.17) is 0 Å². The van der Waals surface area contributed by atoms with E-state index < -0.39 is 6.10 Å². The molecule has 1 aromatic carbocycles. The third-order valence-electron chi connectivity index (χ3n) is 2.67. The molecule has 78 valence electrons. The first kappa shape index (κ1) is 10.1. The molecule has 1 atom stereocenters. The summed E-state index contributed by atoms with van der Waals surface area (Å²) in [7, 11) is 0. The van der Waals surface area contributed by atoms with Gasteiger partial charge in [0.05, 0.1) is 17.3 Å². The predicted octanol–water partition coefficient (Wildman–Crippen LogP) is 2.99. The number of hydrogen-bond acceptors (Lipinski definition) is 2. The normalized spacial score (nSPS) is 13.0. The van der Waals surface area contributed by atoms with Crippen LogP contribution in [0.15, 0.2) is 30.3 Å². The van der Waals surface area contributed by atoms with Crippen molar-refractivity contribution < 1.29 is 5.11 Å². The van der Waals surface area contributed by atoms with Gasteiger partial charge in [-0.3, -0.25) is 4.98 Å². The summed E-state index contributed by atoms with van der Waals surface area (Å²) in [6.45, 7) is 4.01. The Bertz CT molecular complexity index is 479. The van der Waals surface area contributed by atoms with Gasteiger partial charge in [0.2, 0.25) is 0 Å².